The Morgan fingerprint density at radius 1 is 1.19 bits per heavy atom. The van der Waals surface area contributed by atoms with Gasteiger partial charge in [-0.05, 0) is 49.8 Å². The van der Waals surface area contributed by atoms with Gasteiger partial charge in [0.05, 0.1) is 24.8 Å². The molecule has 1 saturated heterocycles. The molecule has 0 spiro atoms. The molecule has 3 aromatic rings. The van der Waals surface area contributed by atoms with E-state index in [0.29, 0.717) is 61.8 Å². The van der Waals surface area contributed by atoms with E-state index >= 15 is 0 Å². The first-order valence-electron chi connectivity index (χ1n) is 12.4. The van der Waals surface area contributed by atoms with Crippen LogP contribution < -0.4 is 9.47 Å². The summed E-state index contributed by atoms with van der Waals surface area (Å²) in [6.07, 6.45) is 3.39. The lowest BCUT2D eigenvalue weighted by molar-refractivity contribution is 0.0774. The molecule has 0 atom stereocenters. The van der Waals surface area contributed by atoms with Crippen LogP contribution in [-0.2, 0) is 18.3 Å². The van der Waals surface area contributed by atoms with Gasteiger partial charge in [0.15, 0.2) is 5.76 Å². The Labute approximate surface area is 215 Å². The van der Waals surface area contributed by atoms with Crippen molar-refractivity contribution >= 4 is 28.9 Å². The fourth-order valence-electron chi connectivity index (χ4n) is 5.04. The highest BCUT2D eigenvalue weighted by atomic mass is 16.6. The van der Waals surface area contributed by atoms with Crippen molar-refractivity contribution in [2.24, 2.45) is 7.05 Å². The molecular weight excluding hydrogens is 474 g/mol. The number of rotatable bonds is 5. The fourth-order valence-corrected chi connectivity index (χ4v) is 5.04. The van der Waals surface area contributed by atoms with Crippen LogP contribution in [0.15, 0.2) is 36.2 Å². The van der Waals surface area contributed by atoms with Crippen molar-refractivity contribution in [1.29, 1.82) is 0 Å². The summed E-state index contributed by atoms with van der Waals surface area (Å²) in [5.74, 6) is 1.23. The van der Waals surface area contributed by atoms with E-state index in [1.165, 1.54) is 0 Å². The molecule has 0 saturated carbocycles. The average molecular weight is 506 g/mol. The molecule has 0 radical (unpaired) electrons. The normalized spacial score (nSPS) is 16.8. The van der Waals surface area contributed by atoms with Gasteiger partial charge < -0.3 is 28.8 Å². The monoisotopic (exact) mass is 505 g/mol. The summed E-state index contributed by atoms with van der Waals surface area (Å²) in [4.78, 5) is 29.3. The molecule has 1 N–H and O–H groups in total. The lowest BCUT2D eigenvalue weighted by atomic mass is 9.99. The number of hydrogen-bond acceptors (Lipinski definition) is 7. The molecule has 3 heterocycles. The number of phenolic OH excluding ortho intramolecular Hbond substituents is 1. The van der Waals surface area contributed by atoms with E-state index < -0.39 is 0 Å². The Morgan fingerprint density at radius 3 is 2.65 bits per heavy atom. The van der Waals surface area contributed by atoms with Gasteiger partial charge in [0.1, 0.15) is 17.2 Å². The average Bonchev–Trinajstić information content (AvgIpc) is 3.38. The van der Waals surface area contributed by atoms with Crippen molar-refractivity contribution < 1.29 is 28.9 Å². The van der Waals surface area contributed by atoms with Crippen LogP contribution in [-0.4, -0.2) is 71.2 Å². The molecule has 194 valence electrons. The minimum Gasteiger partial charge on any atom is -0.507 e. The van der Waals surface area contributed by atoms with Gasteiger partial charge >= 0.3 is 6.09 Å². The summed E-state index contributed by atoms with van der Waals surface area (Å²) in [6, 6.07) is 7.43. The number of ether oxygens (including phenoxy) is 3. The minimum absolute atomic E-state index is 0.0908. The molecule has 1 aromatic heterocycles. The molecule has 1 fully saturated rings. The highest BCUT2D eigenvalue weighted by molar-refractivity contribution is 6.16. The maximum Gasteiger partial charge on any atom is 0.409 e. The number of aryl methyl sites for hydroxylation is 2. The quantitative estimate of drug-likeness (QED) is 0.522. The maximum atomic E-state index is 13.4. The predicted molar refractivity (Wildman–Crippen MR) is 139 cm³/mol. The fraction of sp³-hybridized carbons (Fsp3) is 0.357. The summed E-state index contributed by atoms with van der Waals surface area (Å²) in [7, 11) is 3.57. The first kappa shape index (κ1) is 24.7. The Kier molecular flexibility index (Phi) is 6.55. The Hall–Kier alpha value is -3.98. The second kappa shape index (κ2) is 9.82. The van der Waals surface area contributed by atoms with E-state index in [1.54, 1.807) is 38.0 Å². The highest BCUT2D eigenvalue weighted by Gasteiger charge is 2.34. The maximum absolute atomic E-state index is 13.4. The second-order valence-corrected chi connectivity index (χ2v) is 9.38. The van der Waals surface area contributed by atoms with Gasteiger partial charge in [-0.25, -0.2) is 4.79 Å². The van der Waals surface area contributed by atoms with Crippen molar-refractivity contribution in [2.45, 2.75) is 20.4 Å². The van der Waals surface area contributed by atoms with Crippen LogP contribution in [0.2, 0.25) is 0 Å². The van der Waals surface area contributed by atoms with Crippen molar-refractivity contribution in [3.05, 3.63) is 58.5 Å². The van der Waals surface area contributed by atoms with E-state index in [2.05, 4.69) is 4.90 Å². The number of carbonyl (C=O) groups is 2. The third-order valence-corrected chi connectivity index (χ3v) is 7.01. The second-order valence-electron chi connectivity index (χ2n) is 9.38. The Bertz CT molecular complexity index is 1420. The number of aromatic nitrogens is 1. The molecule has 0 bridgehead atoms. The number of nitrogens with zero attached hydrogens (tertiary/aromatic N) is 3. The lowest BCUT2D eigenvalue weighted by Gasteiger charge is -2.34. The molecule has 2 aromatic carbocycles. The van der Waals surface area contributed by atoms with Crippen LogP contribution >= 0.6 is 0 Å². The molecule has 37 heavy (non-hydrogen) atoms. The van der Waals surface area contributed by atoms with Gasteiger partial charge in [-0.2, -0.15) is 0 Å². The van der Waals surface area contributed by atoms with Gasteiger partial charge in [0.25, 0.3) is 0 Å². The summed E-state index contributed by atoms with van der Waals surface area (Å²) < 4.78 is 18.6. The molecule has 1 amide bonds. The smallest absolute Gasteiger partial charge is 0.409 e. The minimum atomic E-state index is -0.309. The summed E-state index contributed by atoms with van der Waals surface area (Å²) in [5, 5.41) is 11.8. The van der Waals surface area contributed by atoms with Crippen LogP contribution in [0.25, 0.3) is 17.0 Å². The molecule has 2 aliphatic heterocycles. The first-order valence-corrected chi connectivity index (χ1v) is 12.4. The Morgan fingerprint density at radius 2 is 1.95 bits per heavy atom. The summed E-state index contributed by atoms with van der Waals surface area (Å²) >= 11 is 0. The third-order valence-electron chi connectivity index (χ3n) is 7.01. The molecule has 5 rings (SSSR count). The number of phenols is 1. The number of allylic oxidation sites excluding steroid dienone is 1. The van der Waals surface area contributed by atoms with Gasteiger partial charge in [0, 0.05) is 62.4 Å². The SMILES string of the molecule is CCOC(=O)N1CCN(Cc2c(O)cc(C)c3c2O/C(=C/c2cn(C)c4ccc(OC)cc24)C3=O)CC1. The predicted octanol–water partition coefficient (Wildman–Crippen LogP) is 4.09. The number of hydrogen-bond donors (Lipinski definition) is 1. The van der Waals surface area contributed by atoms with Gasteiger partial charge in [0.2, 0.25) is 5.78 Å². The molecule has 9 heteroatoms. The largest absolute Gasteiger partial charge is 0.507 e. The highest BCUT2D eigenvalue weighted by Crippen LogP contribution is 2.43. The number of Topliss-reactive ketones (excluding diaryl/α,β-unsaturated/α-hetero) is 1. The molecule has 9 nitrogen and oxygen atoms in total. The zero-order chi connectivity index (χ0) is 26.3. The number of methoxy groups -OCH3 is 1. The number of amides is 1. The summed E-state index contributed by atoms with van der Waals surface area (Å²) in [5.41, 5.74) is 3.55. The van der Waals surface area contributed by atoms with E-state index in [4.69, 9.17) is 14.2 Å². The number of piperazine rings is 1. The molecular formula is C28H31N3O6. The zero-order valence-corrected chi connectivity index (χ0v) is 21.5. The molecule has 0 unspecified atom stereocenters. The van der Waals surface area contributed by atoms with Crippen LogP contribution in [0.5, 0.6) is 17.2 Å². The first-order chi connectivity index (χ1) is 17.8. The van der Waals surface area contributed by atoms with Gasteiger partial charge in [-0.3, -0.25) is 9.69 Å². The van der Waals surface area contributed by atoms with Crippen LogP contribution in [0.1, 0.15) is 34.0 Å². The zero-order valence-electron chi connectivity index (χ0n) is 21.5. The lowest BCUT2D eigenvalue weighted by Crippen LogP contribution is -2.48. The van der Waals surface area contributed by atoms with E-state index in [1.807, 2.05) is 36.0 Å². The van der Waals surface area contributed by atoms with Gasteiger partial charge in [-0.15, -0.1) is 0 Å². The van der Waals surface area contributed by atoms with Crippen molar-refractivity contribution in [3.8, 4) is 17.2 Å². The number of ketones is 1. The van der Waals surface area contributed by atoms with Crippen molar-refractivity contribution in [2.75, 3.05) is 39.9 Å². The van der Waals surface area contributed by atoms with Crippen LogP contribution in [0.3, 0.4) is 0 Å². The van der Waals surface area contributed by atoms with Gasteiger partial charge in [-0.1, -0.05) is 0 Å². The van der Waals surface area contributed by atoms with E-state index in [9.17, 15) is 14.7 Å². The molecule has 0 aliphatic carbocycles. The number of benzene rings is 2. The summed E-state index contributed by atoms with van der Waals surface area (Å²) in [6.45, 7) is 6.63. The topological polar surface area (TPSA) is 93.5 Å². The van der Waals surface area contributed by atoms with Crippen LogP contribution in [0, 0.1) is 6.92 Å². The number of carbonyl (C=O) groups excluding carboxylic acids is 2. The number of aromatic hydroxyl groups is 1. The Balaban J connectivity index is 1.43. The standard InChI is InChI=1S/C28H31N3O6/c1-5-36-28(34)31-10-8-30(9-11-31)16-21-23(32)12-17(2)25-26(33)24(37-27(21)25)13-18-15-29(3)22-7-6-19(35-4)14-20(18)22/h6-7,12-15,32H,5,8-11,16H2,1-4H3/b24-13+. The van der Waals surface area contributed by atoms with Crippen molar-refractivity contribution in [3.63, 3.8) is 0 Å². The van der Waals surface area contributed by atoms with Crippen LogP contribution in [0.4, 0.5) is 4.79 Å². The van der Waals surface area contributed by atoms with E-state index in [0.717, 1.165) is 22.2 Å². The van der Waals surface area contributed by atoms with E-state index in [-0.39, 0.29) is 23.4 Å². The molecule has 2 aliphatic rings. The third kappa shape index (κ3) is 4.51. The number of fused-ring (bicyclic) bond motifs is 2. The van der Waals surface area contributed by atoms with Crippen molar-refractivity contribution in [1.82, 2.24) is 14.4 Å².